The van der Waals surface area contributed by atoms with Gasteiger partial charge in [-0.2, -0.15) is 0 Å². The lowest BCUT2D eigenvalue weighted by molar-refractivity contribution is 0.443. The minimum atomic E-state index is -0.311. The van der Waals surface area contributed by atoms with Crippen LogP contribution in [0.4, 0.5) is 10.2 Å². The first kappa shape index (κ1) is 11.3. The van der Waals surface area contributed by atoms with Gasteiger partial charge >= 0.3 is 0 Å². The molecule has 1 aliphatic heterocycles. The van der Waals surface area contributed by atoms with Gasteiger partial charge in [0.15, 0.2) is 0 Å². The average molecular weight is 223 g/mol. The first-order valence-corrected chi connectivity index (χ1v) is 5.80. The van der Waals surface area contributed by atoms with E-state index in [0.717, 1.165) is 24.5 Å². The SMILES string of the molecule is CC1CCCN(c2ncc(F)cc2CN)C1. The first-order chi connectivity index (χ1) is 7.70. The number of pyridine rings is 1. The number of piperidine rings is 1. The summed E-state index contributed by atoms with van der Waals surface area (Å²) < 4.78 is 13.0. The van der Waals surface area contributed by atoms with Gasteiger partial charge in [-0.15, -0.1) is 0 Å². The summed E-state index contributed by atoms with van der Waals surface area (Å²) in [5.74, 6) is 1.22. The Morgan fingerprint density at radius 3 is 3.12 bits per heavy atom. The molecule has 4 heteroatoms. The van der Waals surface area contributed by atoms with Crippen molar-refractivity contribution in [3.63, 3.8) is 0 Å². The third-order valence-electron chi connectivity index (χ3n) is 3.09. The van der Waals surface area contributed by atoms with Crippen molar-refractivity contribution in [2.24, 2.45) is 11.7 Å². The van der Waals surface area contributed by atoms with Gasteiger partial charge in [-0.3, -0.25) is 0 Å². The lowest BCUT2D eigenvalue weighted by atomic mass is 10.00. The van der Waals surface area contributed by atoms with Crippen LogP contribution in [-0.4, -0.2) is 18.1 Å². The number of hydrogen-bond acceptors (Lipinski definition) is 3. The van der Waals surface area contributed by atoms with E-state index in [4.69, 9.17) is 5.73 Å². The van der Waals surface area contributed by atoms with Crippen LogP contribution in [0.5, 0.6) is 0 Å². The Morgan fingerprint density at radius 1 is 1.62 bits per heavy atom. The summed E-state index contributed by atoms with van der Waals surface area (Å²) in [6.45, 7) is 4.56. The van der Waals surface area contributed by atoms with Gasteiger partial charge in [0.2, 0.25) is 0 Å². The lowest BCUT2D eigenvalue weighted by Gasteiger charge is -2.33. The van der Waals surface area contributed by atoms with E-state index in [1.165, 1.54) is 25.1 Å². The number of rotatable bonds is 2. The van der Waals surface area contributed by atoms with Gasteiger partial charge in [0.1, 0.15) is 11.6 Å². The molecule has 0 aliphatic carbocycles. The van der Waals surface area contributed by atoms with Crippen LogP contribution >= 0.6 is 0 Å². The van der Waals surface area contributed by atoms with Gasteiger partial charge in [0.05, 0.1) is 6.20 Å². The predicted molar refractivity (Wildman–Crippen MR) is 62.7 cm³/mol. The summed E-state index contributed by atoms with van der Waals surface area (Å²) in [7, 11) is 0. The zero-order valence-electron chi connectivity index (χ0n) is 9.62. The van der Waals surface area contributed by atoms with E-state index < -0.39 is 0 Å². The minimum Gasteiger partial charge on any atom is -0.356 e. The highest BCUT2D eigenvalue weighted by Crippen LogP contribution is 2.24. The van der Waals surface area contributed by atoms with Crippen molar-refractivity contribution in [1.82, 2.24) is 4.98 Å². The monoisotopic (exact) mass is 223 g/mol. The van der Waals surface area contributed by atoms with Crippen molar-refractivity contribution in [3.8, 4) is 0 Å². The van der Waals surface area contributed by atoms with Crippen LogP contribution in [0.2, 0.25) is 0 Å². The van der Waals surface area contributed by atoms with Crippen LogP contribution in [0.15, 0.2) is 12.3 Å². The van der Waals surface area contributed by atoms with E-state index in [0.29, 0.717) is 12.5 Å². The highest BCUT2D eigenvalue weighted by atomic mass is 19.1. The van der Waals surface area contributed by atoms with E-state index in [1.54, 1.807) is 0 Å². The third kappa shape index (κ3) is 2.32. The molecule has 2 N–H and O–H groups in total. The van der Waals surface area contributed by atoms with E-state index in [9.17, 15) is 4.39 Å². The molecule has 0 bridgehead atoms. The molecule has 1 aliphatic rings. The van der Waals surface area contributed by atoms with Crippen molar-refractivity contribution >= 4 is 5.82 Å². The topological polar surface area (TPSA) is 42.2 Å². The van der Waals surface area contributed by atoms with Gasteiger partial charge < -0.3 is 10.6 Å². The fourth-order valence-corrected chi connectivity index (χ4v) is 2.29. The molecule has 1 saturated heterocycles. The maximum Gasteiger partial charge on any atom is 0.141 e. The number of nitrogens with two attached hydrogens (primary N) is 1. The van der Waals surface area contributed by atoms with Gasteiger partial charge in [0, 0.05) is 25.2 Å². The van der Waals surface area contributed by atoms with Crippen molar-refractivity contribution < 1.29 is 4.39 Å². The van der Waals surface area contributed by atoms with Gasteiger partial charge in [0.25, 0.3) is 0 Å². The largest absolute Gasteiger partial charge is 0.356 e. The van der Waals surface area contributed by atoms with E-state index in [-0.39, 0.29) is 5.82 Å². The number of hydrogen-bond donors (Lipinski definition) is 1. The molecule has 0 spiro atoms. The average Bonchev–Trinajstić information content (AvgIpc) is 2.28. The number of aromatic nitrogens is 1. The zero-order valence-corrected chi connectivity index (χ0v) is 9.62. The third-order valence-corrected chi connectivity index (χ3v) is 3.09. The molecule has 0 aromatic carbocycles. The van der Waals surface area contributed by atoms with E-state index in [2.05, 4.69) is 16.8 Å². The summed E-state index contributed by atoms with van der Waals surface area (Å²) in [6.07, 6.45) is 3.70. The molecule has 3 nitrogen and oxygen atoms in total. The molecule has 0 amide bonds. The van der Waals surface area contributed by atoms with Crippen LogP contribution in [0.25, 0.3) is 0 Å². The van der Waals surface area contributed by atoms with Crippen molar-refractivity contribution in [2.45, 2.75) is 26.3 Å². The summed E-state index contributed by atoms with van der Waals surface area (Å²) in [6, 6.07) is 1.49. The molecule has 1 aromatic rings. The Labute approximate surface area is 95.5 Å². The Morgan fingerprint density at radius 2 is 2.44 bits per heavy atom. The highest BCUT2D eigenvalue weighted by molar-refractivity contribution is 5.47. The van der Waals surface area contributed by atoms with Crippen LogP contribution in [0.3, 0.4) is 0 Å². The second kappa shape index (κ2) is 4.78. The molecule has 1 atom stereocenters. The van der Waals surface area contributed by atoms with Gasteiger partial charge in [-0.05, 0) is 24.8 Å². The molecule has 0 saturated carbocycles. The first-order valence-electron chi connectivity index (χ1n) is 5.80. The summed E-state index contributed by atoms with van der Waals surface area (Å²) in [5.41, 5.74) is 6.43. The Kier molecular flexibility index (Phi) is 3.39. The van der Waals surface area contributed by atoms with Gasteiger partial charge in [-0.1, -0.05) is 6.92 Å². The fraction of sp³-hybridized carbons (Fsp3) is 0.583. The Balaban J connectivity index is 2.24. The molecule has 88 valence electrons. The predicted octanol–water partition coefficient (Wildman–Crippen LogP) is 1.92. The second-order valence-corrected chi connectivity index (χ2v) is 4.53. The molecule has 1 aromatic heterocycles. The highest BCUT2D eigenvalue weighted by Gasteiger charge is 2.19. The molecular formula is C12H18FN3. The lowest BCUT2D eigenvalue weighted by Crippen LogP contribution is -2.35. The number of nitrogens with zero attached hydrogens (tertiary/aromatic N) is 2. The normalized spacial score (nSPS) is 21.2. The standard InChI is InChI=1S/C12H18FN3/c1-9-3-2-4-16(8-9)12-10(6-14)5-11(13)7-15-12/h5,7,9H,2-4,6,8,14H2,1H3. The quantitative estimate of drug-likeness (QED) is 0.832. The zero-order chi connectivity index (χ0) is 11.5. The van der Waals surface area contributed by atoms with Crippen LogP contribution in [-0.2, 0) is 6.54 Å². The second-order valence-electron chi connectivity index (χ2n) is 4.53. The van der Waals surface area contributed by atoms with Crippen molar-refractivity contribution in [2.75, 3.05) is 18.0 Å². The van der Waals surface area contributed by atoms with E-state index in [1.807, 2.05) is 0 Å². The molecule has 2 rings (SSSR count). The smallest absolute Gasteiger partial charge is 0.141 e. The minimum absolute atomic E-state index is 0.311. The molecule has 2 heterocycles. The maximum atomic E-state index is 13.0. The van der Waals surface area contributed by atoms with Crippen molar-refractivity contribution in [3.05, 3.63) is 23.6 Å². The molecule has 16 heavy (non-hydrogen) atoms. The van der Waals surface area contributed by atoms with Crippen LogP contribution in [0, 0.1) is 11.7 Å². The molecule has 1 fully saturated rings. The molecule has 1 unspecified atom stereocenters. The maximum absolute atomic E-state index is 13.0. The molecular weight excluding hydrogens is 205 g/mol. The van der Waals surface area contributed by atoms with Crippen molar-refractivity contribution in [1.29, 1.82) is 0 Å². The Hall–Kier alpha value is -1.16. The number of anilines is 1. The number of halogens is 1. The summed E-state index contributed by atoms with van der Waals surface area (Å²) >= 11 is 0. The van der Waals surface area contributed by atoms with Crippen LogP contribution in [0.1, 0.15) is 25.3 Å². The summed E-state index contributed by atoms with van der Waals surface area (Å²) in [5, 5.41) is 0. The van der Waals surface area contributed by atoms with Gasteiger partial charge in [-0.25, -0.2) is 9.37 Å². The van der Waals surface area contributed by atoms with E-state index >= 15 is 0 Å². The fourth-order valence-electron chi connectivity index (χ4n) is 2.29. The molecule has 0 radical (unpaired) electrons. The van der Waals surface area contributed by atoms with Crippen LogP contribution < -0.4 is 10.6 Å². The summed E-state index contributed by atoms with van der Waals surface area (Å²) in [4.78, 5) is 6.40. The Bertz CT molecular complexity index is 367.